The number of pyridine rings is 1. The Hall–Kier alpha value is -2.49. The van der Waals surface area contributed by atoms with Crippen LogP contribution in [0.4, 0.5) is 5.82 Å². The standard InChI is InChI=1S/C17H16N4/c1-18-17-13-5-2-6-15(13)20-16(21-17)12-7-8-14-11(10-12)4-3-9-19-14/h3-4,7-10H,2,5-6H2,1H3,(H,18,20,21). The van der Waals surface area contributed by atoms with Crippen molar-refractivity contribution < 1.29 is 0 Å². The number of aryl methyl sites for hydroxylation is 1. The molecule has 0 atom stereocenters. The Morgan fingerprint density at radius 2 is 2.05 bits per heavy atom. The van der Waals surface area contributed by atoms with Crippen LogP contribution in [0, 0.1) is 0 Å². The largest absolute Gasteiger partial charge is 0.373 e. The van der Waals surface area contributed by atoms with Gasteiger partial charge in [-0.05, 0) is 43.5 Å². The number of nitrogens with one attached hydrogen (secondary N) is 1. The van der Waals surface area contributed by atoms with Gasteiger partial charge in [0.1, 0.15) is 5.82 Å². The summed E-state index contributed by atoms with van der Waals surface area (Å²) in [5.74, 6) is 1.77. The monoisotopic (exact) mass is 276 g/mol. The number of benzene rings is 1. The van der Waals surface area contributed by atoms with Crippen molar-refractivity contribution in [1.29, 1.82) is 0 Å². The molecule has 0 radical (unpaired) electrons. The summed E-state index contributed by atoms with van der Waals surface area (Å²) in [6.07, 6.45) is 5.11. The van der Waals surface area contributed by atoms with Crippen molar-refractivity contribution in [1.82, 2.24) is 15.0 Å². The second-order valence-corrected chi connectivity index (χ2v) is 5.34. The first-order valence-electron chi connectivity index (χ1n) is 7.28. The predicted octanol–water partition coefficient (Wildman–Crippen LogP) is 3.22. The fraction of sp³-hybridized carbons (Fsp3) is 0.235. The Balaban J connectivity index is 1.88. The molecule has 1 aromatic carbocycles. The molecule has 2 aromatic heterocycles. The van der Waals surface area contributed by atoms with Crippen LogP contribution in [-0.2, 0) is 12.8 Å². The number of rotatable bonds is 2. The highest BCUT2D eigenvalue weighted by atomic mass is 15.0. The lowest BCUT2D eigenvalue weighted by Crippen LogP contribution is -2.03. The predicted molar refractivity (Wildman–Crippen MR) is 84.3 cm³/mol. The fourth-order valence-corrected chi connectivity index (χ4v) is 2.98. The van der Waals surface area contributed by atoms with E-state index < -0.39 is 0 Å². The fourth-order valence-electron chi connectivity index (χ4n) is 2.98. The van der Waals surface area contributed by atoms with E-state index in [0.717, 1.165) is 41.0 Å². The molecule has 4 rings (SSSR count). The molecule has 1 aliphatic carbocycles. The third-order valence-corrected chi connectivity index (χ3v) is 4.03. The zero-order chi connectivity index (χ0) is 14.2. The molecule has 0 bridgehead atoms. The third-order valence-electron chi connectivity index (χ3n) is 4.03. The molecular weight excluding hydrogens is 260 g/mol. The smallest absolute Gasteiger partial charge is 0.161 e. The molecule has 0 spiro atoms. The SMILES string of the molecule is CNc1nc(-c2ccc3ncccc3c2)nc2c1CCC2. The van der Waals surface area contributed by atoms with E-state index in [1.165, 1.54) is 17.7 Å². The maximum Gasteiger partial charge on any atom is 0.161 e. The molecule has 0 unspecified atom stereocenters. The van der Waals surface area contributed by atoms with Crippen LogP contribution in [0.2, 0.25) is 0 Å². The summed E-state index contributed by atoms with van der Waals surface area (Å²) >= 11 is 0. The van der Waals surface area contributed by atoms with Crippen molar-refractivity contribution in [2.45, 2.75) is 19.3 Å². The van der Waals surface area contributed by atoms with Crippen LogP contribution in [0.1, 0.15) is 17.7 Å². The topological polar surface area (TPSA) is 50.7 Å². The van der Waals surface area contributed by atoms with Crippen LogP contribution in [0.15, 0.2) is 36.5 Å². The van der Waals surface area contributed by atoms with Gasteiger partial charge >= 0.3 is 0 Å². The molecule has 0 amide bonds. The highest BCUT2D eigenvalue weighted by molar-refractivity contribution is 5.83. The van der Waals surface area contributed by atoms with Crippen LogP contribution in [0.3, 0.4) is 0 Å². The van der Waals surface area contributed by atoms with Crippen LogP contribution in [0.5, 0.6) is 0 Å². The molecule has 0 saturated carbocycles. The number of fused-ring (bicyclic) bond motifs is 2. The van der Waals surface area contributed by atoms with Gasteiger partial charge in [0.25, 0.3) is 0 Å². The molecule has 2 heterocycles. The van der Waals surface area contributed by atoms with Crippen molar-refractivity contribution in [2.75, 3.05) is 12.4 Å². The molecule has 4 nitrogen and oxygen atoms in total. The third kappa shape index (κ3) is 2.03. The number of hydrogen-bond acceptors (Lipinski definition) is 4. The van der Waals surface area contributed by atoms with Gasteiger partial charge in [0.2, 0.25) is 0 Å². The van der Waals surface area contributed by atoms with Crippen molar-refractivity contribution in [2.24, 2.45) is 0 Å². The van der Waals surface area contributed by atoms with E-state index in [0.29, 0.717) is 0 Å². The van der Waals surface area contributed by atoms with Gasteiger partial charge in [-0.1, -0.05) is 6.07 Å². The Morgan fingerprint density at radius 3 is 2.95 bits per heavy atom. The van der Waals surface area contributed by atoms with E-state index in [2.05, 4.69) is 22.4 Å². The van der Waals surface area contributed by atoms with Crippen molar-refractivity contribution in [3.63, 3.8) is 0 Å². The van der Waals surface area contributed by atoms with E-state index in [-0.39, 0.29) is 0 Å². The molecule has 1 aliphatic rings. The quantitative estimate of drug-likeness (QED) is 0.780. The summed E-state index contributed by atoms with van der Waals surface area (Å²) in [6, 6.07) is 10.2. The second-order valence-electron chi connectivity index (χ2n) is 5.34. The second kappa shape index (κ2) is 4.81. The summed E-state index contributed by atoms with van der Waals surface area (Å²) in [7, 11) is 1.93. The Labute approximate surface area is 123 Å². The zero-order valence-electron chi connectivity index (χ0n) is 11.9. The van der Waals surface area contributed by atoms with Crippen molar-refractivity contribution in [3.8, 4) is 11.4 Å². The number of nitrogens with zero attached hydrogens (tertiary/aromatic N) is 3. The Kier molecular flexibility index (Phi) is 2.81. The average molecular weight is 276 g/mol. The van der Waals surface area contributed by atoms with E-state index >= 15 is 0 Å². The van der Waals surface area contributed by atoms with Gasteiger partial charge in [-0.15, -0.1) is 0 Å². The lowest BCUT2D eigenvalue weighted by molar-refractivity contribution is 0.900. The minimum atomic E-state index is 0.797. The normalized spacial score (nSPS) is 13.4. The summed E-state index contributed by atoms with van der Waals surface area (Å²) in [4.78, 5) is 13.8. The van der Waals surface area contributed by atoms with E-state index in [1.54, 1.807) is 0 Å². The first kappa shape index (κ1) is 12.3. The molecular formula is C17H16N4. The minimum absolute atomic E-state index is 0.797. The molecule has 1 N–H and O–H groups in total. The average Bonchev–Trinajstić information content (AvgIpc) is 3.02. The van der Waals surface area contributed by atoms with Crippen molar-refractivity contribution >= 4 is 16.7 Å². The molecule has 4 heteroatoms. The first-order chi connectivity index (χ1) is 10.3. The molecule has 0 fully saturated rings. The van der Waals surface area contributed by atoms with Crippen LogP contribution in [0.25, 0.3) is 22.3 Å². The Bertz CT molecular complexity index is 826. The van der Waals surface area contributed by atoms with Crippen LogP contribution < -0.4 is 5.32 Å². The highest BCUT2D eigenvalue weighted by Crippen LogP contribution is 2.29. The molecule has 0 saturated heterocycles. The van der Waals surface area contributed by atoms with Crippen LogP contribution in [-0.4, -0.2) is 22.0 Å². The van der Waals surface area contributed by atoms with Crippen molar-refractivity contribution in [3.05, 3.63) is 47.8 Å². The van der Waals surface area contributed by atoms with Gasteiger partial charge in [0.15, 0.2) is 5.82 Å². The summed E-state index contributed by atoms with van der Waals surface area (Å²) in [6.45, 7) is 0. The van der Waals surface area contributed by atoms with E-state index in [9.17, 15) is 0 Å². The number of anilines is 1. The molecule has 3 aromatic rings. The van der Waals surface area contributed by atoms with Gasteiger partial charge in [-0.3, -0.25) is 4.98 Å². The molecule has 0 aliphatic heterocycles. The lowest BCUT2D eigenvalue weighted by Gasteiger charge is -2.10. The molecule has 104 valence electrons. The zero-order valence-corrected chi connectivity index (χ0v) is 11.9. The Morgan fingerprint density at radius 1 is 1.10 bits per heavy atom. The van der Waals surface area contributed by atoms with Crippen LogP contribution >= 0.6 is 0 Å². The molecule has 21 heavy (non-hydrogen) atoms. The summed E-state index contributed by atoms with van der Waals surface area (Å²) < 4.78 is 0. The lowest BCUT2D eigenvalue weighted by atomic mass is 10.1. The maximum absolute atomic E-state index is 4.77. The first-order valence-corrected chi connectivity index (χ1v) is 7.28. The van der Waals surface area contributed by atoms with E-state index in [1.807, 2.05) is 31.4 Å². The highest BCUT2D eigenvalue weighted by Gasteiger charge is 2.19. The van der Waals surface area contributed by atoms with E-state index in [4.69, 9.17) is 9.97 Å². The van der Waals surface area contributed by atoms with Gasteiger partial charge in [0, 0.05) is 35.5 Å². The maximum atomic E-state index is 4.77. The van der Waals surface area contributed by atoms with Gasteiger partial charge in [0.05, 0.1) is 5.52 Å². The van der Waals surface area contributed by atoms with Gasteiger partial charge in [-0.2, -0.15) is 0 Å². The van der Waals surface area contributed by atoms with Gasteiger partial charge in [-0.25, -0.2) is 9.97 Å². The number of aromatic nitrogens is 3. The number of hydrogen-bond donors (Lipinski definition) is 1. The minimum Gasteiger partial charge on any atom is -0.373 e. The summed E-state index contributed by atoms with van der Waals surface area (Å²) in [5.41, 5.74) is 4.51. The van der Waals surface area contributed by atoms with Gasteiger partial charge < -0.3 is 5.32 Å². The summed E-state index contributed by atoms with van der Waals surface area (Å²) in [5, 5.41) is 4.33.